The smallest absolute Gasteiger partial charge is 0.258 e. The third-order valence-corrected chi connectivity index (χ3v) is 6.82. The number of aryl methyl sites for hydroxylation is 1. The van der Waals surface area contributed by atoms with E-state index in [0.717, 1.165) is 51.1 Å². The standard InChI is InChI=1S/C24H32ClFN4O2/c1-16-12-28(13-17(2)32-16)14-20-8-10-29(11-9-20)24(31)22-18(3)27-30(23(22)25)15-19-4-6-21(26)7-5-19/h4-7,16-17,20H,8-15H2,1-3H3. The van der Waals surface area contributed by atoms with Gasteiger partial charge in [-0.15, -0.1) is 0 Å². The molecule has 2 unspecified atom stereocenters. The number of carbonyl (C=O) groups excluding carboxylic acids is 1. The molecule has 6 nitrogen and oxygen atoms in total. The van der Waals surface area contributed by atoms with Crippen LogP contribution < -0.4 is 0 Å². The lowest BCUT2D eigenvalue weighted by molar-refractivity contribution is -0.0728. The molecule has 0 N–H and O–H groups in total. The molecule has 1 aromatic heterocycles. The first-order valence-electron chi connectivity index (χ1n) is 11.4. The third kappa shape index (κ3) is 5.33. The van der Waals surface area contributed by atoms with E-state index in [-0.39, 0.29) is 23.9 Å². The van der Waals surface area contributed by atoms with Gasteiger partial charge in [-0.25, -0.2) is 9.07 Å². The number of hydrogen-bond acceptors (Lipinski definition) is 4. The van der Waals surface area contributed by atoms with Crippen LogP contribution in [0, 0.1) is 18.7 Å². The Bertz CT molecular complexity index is 930. The van der Waals surface area contributed by atoms with Crippen LogP contribution in [0.25, 0.3) is 0 Å². The number of ether oxygens (including phenoxy) is 1. The van der Waals surface area contributed by atoms with Gasteiger partial charge in [-0.3, -0.25) is 9.69 Å². The second-order valence-electron chi connectivity index (χ2n) is 9.25. The number of benzene rings is 1. The summed E-state index contributed by atoms with van der Waals surface area (Å²) in [7, 11) is 0. The fourth-order valence-electron chi connectivity index (χ4n) is 4.94. The summed E-state index contributed by atoms with van der Waals surface area (Å²) < 4.78 is 20.6. The molecule has 0 radical (unpaired) electrons. The van der Waals surface area contributed by atoms with E-state index in [4.69, 9.17) is 16.3 Å². The molecule has 0 bridgehead atoms. The van der Waals surface area contributed by atoms with Gasteiger partial charge in [0.25, 0.3) is 5.91 Å². The highest BCUT2D eigenvalue weighted by Crippen LogP contribution is 2.26. The van der Waals surface area contributed by atoms with Crippen molar-refractivity contribution in [2.45, 2.75) is 52.4 Å². The number of rotatable bonds is 5. The van der Waals surface area contributed by atoms with E-state index in [1.165, 1.54) is 12.1 Å². The number of likely N-dealkylation sites (tertiary alicyclic amines) is 1. The maximum Gasteiger partial charge on any atom is 0.258 e. The van der Waals surface area contributed by atoms with Crippen molar-refractivity contribution < 1.29 is 13.9 Å². The number of amides is 1. The number of hydrogen-bond donors (Lipinski definition) is 0. The Balaban J connectivity index is 1.36. The van der Waals surface area contributed by atoms with E-state index in [1.54, 1.807) is 16.8 Å². The summed E-state index contributed by atoms with van der Waals surface area (Å²) in [5, 5.41) is 4.82. The Kier molecular flexibility index (Phi) is 7.17. The van der Waals surface area contributed by atoms with E-state index >= 15 is 0 Å². The van der Waals surface area contributed by atoms with Gasteiger partial charge in [-0.2, -0.15) is 5.10 Å². The Morgan fingerprint density at radius 3 is 2.41 bits per heavy atom. The molecule has 0 spiro atoms. The normalized spacial score (nSPS) is 23.0. The van der Waals surface area contributed by atoms with Gasteiger partial charge in [0.1, 0.15) is 11.0 Å². The first-order chi connectivity index (χ1) is 15.3. The molecule has 2 fully saturated rings. The van der Waals surface area contributed by atoms with Crippen molar-refractivity contribution in [1.82, 2.24) is 19.6 Å². The minimum atomic E-state index is -0.284. The Morgan fingerprint density at radius 1 is 1.16 bits per heavy atom. The monoisotopic (exact) mass is 462 g/mol. The Morgan fingerprint density at radius 2 is 1.78 bits per heavy atom. The van der Waals surface area contributed by atoms with Gasteiger partial charge in [0.15, 0.2) is 0 Å². The summed E-state index contributed by atoms with van der Waals surface area (Å²) in [5.74, 6) is 0.257. The van der Waals surface area contributed by atoms with Crippen LogP contribution in [-0.4, -0.2) is 70.4 Å². The van der Waals surface area contributed by atoms with E-state index < -0.39 is 0 Å². The lowest BCUT2D eigenvalue weighted by Gasteiger charge is -2.39. The Labute approximate surface area is 194 Å². The third-order valence-electron chi connectivity index (χ3n) is 6.44. The van der Waals surface area contributed by atoms with E-state index in [1.807, 2.05) is 11.8 Å². The van der Waals surface area contributed by atoms with Crippen LogP contribution in [0.1, 0.15) is 48.3 Å². The molecular weight excluding hydrogens is 431 g/mol. The van der Waals surface area contributed by atoms with Crippen molar-refractivity contribution in [3.05, 3.63) is 52.1 Å². The maximum atomic E-state index is 13.2. The topological polar surface area (TPSA) is 50.6 Å². The zero-order valence-corrected chi connectivity index (χ0v) is 19.8. The molecule has 3 heterocycles. The summed E-state index contributed by atoms with van der Waals surface area (Å²) in [6.07, 6.45) is 2.53. The second kappa shape index (κ2) is 9.89. The zero-order valence-electron chi connectivity index (χ0n) is 19.1. The SMILES string of the molecule is Cc1nn(Cc2ccc(F)cc2)c(Cl)c1C(=O)N1CCC(CN2CC(C)OC(C)C2)CC1. The van der Waals surface area contributed by atoms with Gasteiger partial charge in [0.2, 0.25) is 0 Å². The quantitative estimate of drug-likeness (QED) is 0.674. The van der Waals surface area contributed by atoms with Gasteiger partial charge in [0, 0.05) is 32.7 Å². The highest BCUT2D eigenvalue weighted by atomic mass is 35.5. The van der Waals surface area contributed by atoms with Crippen LogP contribution in [-0.2, 0) is 11.3 Å². The highest BCUT2D eigenvalue weighted by Gasteiger charge is 2.30. The van der Waals surface area contributed by atoms with Crippen LogP contribution >= 0.6 is 11.6 Å². The van der Waals surface area contributed by atoms with Crippen LogP contribution in [0.2, 0.25) is 5.15 Å². The second-order valence-corrected chi connectivity index (χ2v) is 9.60. The molecule has 1 aromatic carbocycles. The minimum absolute atomic E-state index is 0.0510. The fourth-order valence-corrected chi connectivity index (χ4v) is 5.25. The summed E-state index contributed by atoms with van der Waals surface area (Å²) in [6, 6.07) is 6.22. The molecule has 2 aliphatic rings. The van der Waals surface area contributed by atoms with Crippen LogP contribution in [0.15, 0.2) is 24.3 Å². The molecular formula is C24H32ClFN4O2. The average Bonchev–Trinajstić information content (AvgIpc) is 3.02. The molecule has 174 valence electrons. The van der Waals surface area contributed by atoms with Gasteiger partial charge >= 0.3 is 0 Å². The molecule has 0 saturated carbocycles. The molecule has 2 aromatic rings. The lowest BCUT2D eigenvalue weighted by atomic mass is 9.95. The van der Waals surface area contributed by atoms with E-state index in [9.17, 15) is 9.18 Å². The molecule has 1 amide bonds. The molecule has 0 aliphatic carbocycles. The number of halogens is 2. The largest absolute Gasteiger partial charge is 0.373 e. The van der Waals surface area contributed by atoms with Crippen molar-refractivity contribution in [2.75, 3.05) is 32.7 Å². The number of carbonyl (C=O) groups is 1. The van der Waals surface area contributed by atoms with Crippen molar-refractivity contribution in [3.63, 3.8) is 0 Å². The zero-order chi connectivity index (χ0) is 22.8. The summed E-state index contributed by atoms with van der Waals surface area (Å²) in [4.78, 5) is 17.6. The minimum Gasteiger partial charge on any atom is -0.373 e. The summed E-state index contributed by atoms with van der Waals surface area (Å²) in [5.41, 5.74) is 1.98. The van der Waals surface area contributed by atoms with Gasteiger partial charge in [0.05, 0.1) is 30.0 Å². The predicted octanol–water partition coefficient (Wildman–Crippen LogP) is 3.99. The first-order valence-corrected chi connectivity index (χ1v) is 11.8. The predicted molar refractivity (Wildman–Crippen MR) is 123 cm³/mol. The van der Waals surface area contributed by atoms with Crippen LogP contribution in [0.4, 0.5) is 4.39 Å². The summed E-state index contributed by atoms with van der Waals surface area (Å²) in [6.45, 7) is 11.0. The van der Waals surface area contributed by atoms with Crippen molar-refractivity contribution >= 4 is 17.5 Å². The number of piperidine rings is 1. The molecule has 4 rings (SSSR count). The van der Waals surface area contributed by atoms with Crippen LogP contribution in [0.3, 0.4) is 0 Å². The average molecular weight is 463 g/mol. The highest BCUT2D eigenvalue weighted by molar-refractivity contribution is 6.33. The van der Waals surface area contributed by atoms with E-state index in [2.05, 4.69) is 23.8 Å². The number of aromatic nitrogens is 2. The molecule has 8 heteroatoms. The molecule has 32 heavy (non-hydrogen) atoms. The Hall–Kier alpha value is -1.96. The summed E-state index contributed by atoms with van der Waals surface area (Å²) >= 11 is 6.57. The van der Waals surface area contributed by atoms with E-state index in [0.29, 0.717) is 28.9 Å². The molecule has 2 aliphatic heterocycles. The molecule has 2 atom stereocenters. The number of nitrogens with zero attached hydrogens (tertiary/aromatic N) is 4. The van der Waals surface area contributed by atoms with Crippen LogP contribution in [0.5, 0.6) is 0 Å². The molecule has 2 saturated heterocycles. The number of morpholine rings is 1. The van der Waals surface area contributed by atoms with Gasteiger partial charge in [-0.1, -0.05) is 23.7 Å². The van der Waals surface area contributed by atoms with Gasteiger partial charge in [-0.05, 0) is 57.2 Å². The fraction of sp³-hybridized carbons (Fsp3) is 0.583. The van der Waals surface area contributed by atoms with Crippen molar-refractivity contribution in [1.29, 1.82) is 0 Å². The van der Waals surface area contributed by atoms with Gasteiger partial charge < -0.3 is 9.64 Å². The lowest BCUT2D eigenvalue weighted by Crippen LogP contribution is -2.48. The van der Waals surface area contributed by atoms with Crippen molar-refractivity contribution in [3.8, 4) is 0 Å². The first kappa shape index (κ1) is 23.2. The maximum absolute atomic E-state index is 13.2. The van der Waals surface area contributed by atoms with Crippen molar-refractivity contribution in [2.24, 2.45) is 5.92 Å².